The van der Waals surface area contributed by atoms with Crippen LogP contribution in [0, 0.1) is 11.8 Å². The third kappa shape index (κ3) is 11.7. The number of aliphatic hydroxyl groups excluding tert-OH is 5. The van der Waals surface area contributed by atoms with Crippen molar-refractivity contribution in [3.05, 3.63) is 76.4 Å². The minimum Gasteiger partial charge on any atom is -0.504 e. The quantitative estimate of drug-likeness (QED) is 0.0515. The number of methoxy groups -OCH3 is 1. The van der Waals surface area contributed by atoms with Crippen LogP contribution < -0.4 is 10.1 Å². The molecule has 0 aromatic heterocycles. The van der Waals surface area contributed by atoms with Crippen molar-refractivity contribution < 1.29 is 64.3 Å². The SMILES string of the molecule is CCCC(CCCO)CCC(=O)OC1C(O)C2OC(O)(C=CC2NCC(C)O)C1OC(=O)C(=Cc1ccc(O)c(OC)c1)CC1c2cc(CCO)ccc2CCC1CO. The van der Waals surface area contributed by atoms with Crippen LogP contribution in [0.25, 0.3) is 6.08 Å². The Bertz CT molecular complexity index is 1760. The molecule has 326 valence electrons. The molecule has 2 aromatic rings. The lowest BCUT2D eigenvalue weighted by molar-refractivity contribution is -0.333. The maximum Gasteiger partial charge on any atom is 0.334 e. The first-order chi connectivity index (χ1) is 28.3. The summed E-state index contributed by atoms with van der Waals surface area (Å²) in [6.07, 6.45) is 3.02. The molecule has 2 bridgehead atoms. The summed E-state index contributed by atoms with van der Waals surface area (Å²) >= 11 is 0. The van der Waals surface area contributed by atoms with Gasteiger partial charge in [0.25, 0.3) is 0 Å². The van der Waals surface area contributed by atoms with E-state index in [1.807, 2.05) is 25.1 Å². The van der Waals surface area contributed by atoms with E-state index in [0.717, 1.165) is 36.0 Å². The van der Waals surface area contributed by atoms with Gasteiger partial charge < -0.3 is 60.0 Å². The third-order valence-corrected chi connectivity index (χ3v) is 11.8. The van der Waals surface area contributed by atoms with Crippen molar-refractivity contribution in [2.75, 3.05) is 33.5 Å². The molecular weight excluding hydrogens is 762 g/mol. The summed E-state index contributed by atoms with van der Waals surface area (Å²) in [5, 5.41) is 76.9. The lowest BCUT2D eigenvalue weighted by Crippen LogP contribution is -2.71. The van der Waals surface area contributed by atoms with E-state index in [1.165, 1.54) is 19.3 Å². The number of carbonyl (C=O) groups is 2. The van der Waals surface area contributed by atoms with Gasteiger partial charge in [-0.3, -0.25) is 4.79 Å². The number of carbonyl (C=O) groups excluding carboxylic acids is 2. The number of benzene rings is 2. The Morgan fingerprint density at radius 2 is 1.86 bits per heavy atom. The van der Waals surface area contributed by atoms with Crippen LogP contribution in [0.15, 0.2) is 54.1 Å². The molecule has 14 nitrogen and oxygen atoms in total. The molecule has 14 heteroatoms. The monoisotopic (exact) mass is 825 g/mol. The molecule has 0 spiro atoms. The Kier molecular flexibility index (Phi) is 16.9. The number of aryl methyl sites for hydroxylation is 1. The molecule has 1 saturated heterocycles. The van der Waals surface area contributed by atoms with E-state index in [-0.39, 0.29) is 74.0 Å². The van der Waals surface area contributed by atoms with Gasteiger partial charge in [-0.15, -0.1) is 0 Å². The number of phenolic OH excluding ortho intramolecular Hbond substituents is 1. The first-order valence-corrected chi connectivity index (χ1v) is 21.0. The number of aliphatic hydroxyl groups is 6. The van der Waals surface area contributed by atoms with E-state index < -0.39 is 54.3 Å². The summed E-state index contributed by atoms with van der Waals surface area (Å²) in [5.74, 6) is -4.31. The van der Waals surface area contributed by atoms with E-state index in [0.29, 0.717) is 37.7 Å². The molecule has 2 heterocycles. The van der Waals surface area contributed by atoms with Crippen molar-refractivity contribution in [3.63, 3.8) is 0 Å². The number of ether oxygens (including phenoxy) is 4. The number of phenols is 1. The normalized spacial score (nSPS) is 27.4. The highest BCUT2D eigenvalue weighted by molar-refractivity contribution is 5.94. The molecule has 59 heavy (non-hydrogen) atoms. The van der Waals surface area contributed by atoms with Crippen LogP contribution in [0.1, 0.15) is 93.4 Å². The van der Waals surface area contributed by atoms with Crippen molar-refractivity contribution in [3.8, 4) is 11.5 Å². The maximum absolute atomic E-state index is 14.7. The van der Waals surface area contributed by atoms with Gasteiger partial charge in [-0.05, 0) is 116 Å². The first-order valence-electron chi connectivity index (χ1n) is 21.0. The van der Waals surface area contributed by atoms with Crippen molar-refractivity contribution in [2.45, 2.75) is 126 Å². The molecule has 2 aromatic carbocycles. The Labute approximate surface area is 346 Å². The van der Waals surface area contributed by atoms with E-state index >= 15 is 0 Å². The number of hydrogen-bond donors (Lipinski definition) is 8. The van der Waals surface area contributed by atoms with Crippen molar-refractivity contribution in [2.24, 2.45) is 11.8 Å². The third-order valence-electron chi connectivity index (χ3n) is 11.8. The predicted octanol–water partition coefficient (Wildman–Crippen LogP) is 3.20. The molecule has 1 fully saturated rings. The van der Waals surface area contributed by atoms with E-state index in [9.17, 15) is 45.3 Å². The Hall–Kier alpha value is -3.86. The average Bonchev–Trinajstić information content (AvgIpc) is 3.22. The zero-order chi connectivity index (χ0) is 42.7. The predicted molar refractivity (Wildman–Crippen MR) is 218 cm³/mol. The number of rotatable bonds is 21. The van der Waals surface area contributed by atoms with Gasteiger partial charge in [-0.1, -0.05) is 50.1 Å². The van der Waals surface area contributed by atoms with Crippen LogP contribution in [-0.2, 0) is 36.6 Å². The topological polar surface area (TPSA) is 225 Å². The second kappa shape index (κ2) is 21.6. The lowest BCUT2D eigenvalue weighted by Gasteiger charge is -2.51. The highest BCUT2D eigenvalue weighted by atomic mass is 16.7. The number of nitrogens with one attached hydrogen (secondary N) is 1. The first kappa shape index (κ1) is 46.2. The van der Waals surface area contributed by atoms with E-state index in [1.54, 1.807) is 31.2 Å². The minimum atomic E-state index is -2.34. The van der Waals surface area contributed by atoms with Gasteiger partial charge in [0.1, 0.15) is 12.2 Å². The van der Waals surface area contributed by atoms with Crippen LogP contribution in [0.3, 0.4) is 0 Å². The molecule has 3 aliphatic rings. The molecule has 1 aliphatic carbocycles. The molecule has 0 radical (unpaired) electrons. The zero-order valence-electron chi connectivity index (χ0n) is 34.4. The zero-order valence-corrected chi connectivity index (χ0v) is 34.4. The van der Waals surface area contributed by atoms with Gasteiger partial charge in [-0.25, -0.2) is 4.79 Å². The van der Waals surface area contributed by atoms with E-state index in [2.05, 4.69) is 5.32 Å². The van der Waals surface area contributed by atoms with Crippen LogP contribution in [0.5, 0.6) is 11.5 Å². The van der Waals surface area contributed by atoms with Gasteiger partial charge in [0.15, 0.2) is 23.7 Å². The van der Waals surface area contributed by atoms with Crippen LogP contribution in [0.4, 0.5) is 0 Å². The average molecular weight is 826 g/mol. The standard InChI is InChI=1S/C45H63NO13/c1-4-6-28(7-5-19-47)10-15-39(52)57-42-40(53)41-36(46-25-27(2)50)16-18-45(55,59-41)43(42)58-44(54)33(21-30-9-14-37(51)38(23-30)56-3)24-35-32(26-49)13-12-31-11-8-29(17-20-48)22-34(31)35/h8-9,11,14,16,18,21-23,27-28,32,35-36,40-43,46-51,53,55H,4-7,10,12-13,15,17,19-20,24-26H2,1-3H3. The van der Waals surface area contributed by atoms with Crippen LogP contribution in [0.2, 0.25) is 0 Å². The van der Waals surface area contributed by atoms with E-state index in [4.69, 9.17) is 18.9 Å². The fourth-order valence-electron chi connectivity index (χ4n) is 8.66. The van der Waals surface area contributed by atoms with Crippen molar-refractivity contribution in [1.82, 2.24) is 5.32 Å². The summed E-state index contributed by atoms with van der Waals surface area (Å²) in [6.45, 7) is 3.60. The number of fused-ring (bicyclic) bond motifs is 3. The second-order valence-corrected chi connectivity index (χ2v) is 16.2. The van der Waals surface area contributed by atoms with Crippen molar-refractivity contribution >= 4 is 18.0 Å². The highest BCUT2D eigenvalue weighted by Gasteiger charge is 2.60. The molecule has 0 amide bonds. The molecule has 8 N–H and O–H groups in total. The fourth-order valence-corrected chi connectivity index (χ4v) is 8.66. The van der Waals surface area contributed by atoms with Gasteiger partial charge in [0, 0.05) is 38.4 Å². The van der Waals surface area contributed by atoms with Gasteiger partial charge in [0.2, 0.25) is 5.79 Å². The van der Waals surface area contributed by atoms with Crippen LogP contribution >= 0.6 is 0 Å². The minimum absolute atomic E-state index is 0.0147. The summed E-state index contributed by atoms with van der Waals surface area (Å²) in [5.41, 5.74) is 3.49. The summed E-state index contributed by atoms with van der Waals surface area (Å²) < 4.78 is 23.5. The summed E-state index contributed by atoms with van der Waals surface area (Å²) in [4.78, 5) is 28.3. The molecule has 5 rings (SSSR count). The van der Waals surface area contributed by atoms with Gasteiger partial charge >= 0.3 is 11.9 Å². The molecule has 2 aliphatic heterocycles. The number of aromatic hydroxyl groups is 1. The fraction of sp³-hybridized carbons (Fsp3) is 0.600. The van der Waals surface area contributed by atoms with Crippen molar-refractivity contribution in [1.29, 1.82) is 0 Å². The molecular formula is C45H63NO13. The van der Waals surface area contributed by atoms with Crippen LogP contribution in [-0.4, -0.2) is 124 Å². The van der Waals surface area contributed by atoms with Gasteiger partial charge in [0.05, 0.1) is 19.3 Å². The maximum atomic E-state index is 14.7. The Balaban J connectivity index is 1.52. The number of hydrogen-bond acceptors (Lipinski definition) is 14. The summed E-state index contributed by atoms with van der Waals surface area (Å²) in [6, 6.07) is 9.83. The van der Waals surface area contributed by atoms with Gasteiger partial charge in [-0.2, -0.15) is 0 Å². The Morgan fingerprint density at radius 3 is 2.56 bits per heavy atom. The second-order valence-electron chi connectivity index (χ2n) is 16.2. The molecule has 10 atom stereocenters. The molecule has 0 saturated carbocycles. The number of esters is 2. The smallest absolute Gasteiger partial charge is 0.334 e. The largest absolute Gasteiger partial charge is 0.504 e. The molecule has 10 unspecified atom stereocenters. The highest BCUT2D eigenvalue weighted by Crippen LogP contribution is 2.43. The summed E-state index contributed by atoms with van der Waals surface area (Å²) in [7, 11) is 1.40. The Morgan fingerprint density at radius 1 is 1.07 bits per heavy atom. The lowest BCUT2D eigenvalue weighted by atomic mass is 9.72.